The van der Waals surface area contributed by atoms with Crippen molar-refractivity contribution in [1.82, 2.24) is 15.5 Å². The molecule has 2 N–H and O–H groups in total. The third-order valence-corrected chi connectivity index (χ3v) is 4.57. The van der Waals surface area contributed by atoms with Gasteiger partial charge >= 0.3 is 0 Å². The Labute approximate surface area is 145 Å². The molecule has 24 heavy (non-hydrogen) atoms. The van der Waals surface area contributed by atoms with Gasteiger partial charge in [0.25, 0.3) is 0 Å². The highest BCUT2D eigenvalue weighted by Crippen LogP contribution is 2.21. The summed E-state index contributed by atoms with van der Waals surface area (Å²) in [5.74, 6) is 0.849. The Balaban J connectivity index is 2.02. The number of amides is 1. The summed E-state index contributed by atoms with van der Waals surface area (Å²) in [6.45, 7) is 10.2. The van der Waals surface area contributed by atoms with E-state index in [0.29, 0.717) is 13.2 Å². The minimum Gasteiger partial charge on any atom is -0.375 e. The molecule has 0 saturated carbocycles. The molecule has 2 rings (SSSR count). The van der Waals surface area contributed by atoms with Crippen molar-refractivity contribution in [2.45, 2.75) is 45.8 Å². The van der Waals surface area contributed by atoms with E-state index >= 15 is 0 Å². The maximum absolute atomic E-state index is 12.0. The zero-order valence-electron chi connectivity index (χ0n) is 15.4. The van der Waals surface area contributed by atoms with E-state index in [4.69, 9.17) is 14.5 Å². The Kier molecular flexibility index (Phi) is 6.86. The fraction of sp³-hybridized carbons (Fsp3) is 0.882. The second kappa shape index (κ2) is 8.67. The number of ether oxygens (including phenoxy) is 2. The van der Waals surface area contributed by atoms with E-state index in [1.54, 1.807) is 7.05 Å². The molecule has 0 aromatic heterocycles. The first-order chi connectivity index (χ1) is 11.5. The summed E-state index contributed by atoms with van der Waals surface area (Å²) in [5.41, 5.74) is -0.532. The van der Waals surface area contributed by atoms with Crippen LogP contribution in [0.15, 0.2) is 4.99 Å². The Hall–Kier alpha value is -1.34. The van der Waals surface area contributed by atoms with E-state index < -0.39 is 5.41 Å². The molecule has 2 aliphatic rings. The molecule has 7 heteroatoms. The largest absolute Gasteiger partial charge is 0.375 e. The molecule has 2 unspecified atom stereocenters. The molecule has 0 spiro atoms. The van der Waals surface area contributed by atoms with Crippen LogP contribution in [0.4, 0.5) is 0 Å². The molecule has 2 saturated heterocycles. The van der Waals surface area contributed by atoms with Gasteiger partial charge in [0, 0.05) is 33.3 Å². The highest BCUT2D eigenvalue weighted by molar-refractivity contribution is 5.83. The molecule has 0 aromatic carbocycles. The molecule has 2 aliphatic heterocycles. The number of nitrogens with one attached hydrogen (secondary N) is 2. The topological polar surface area (TPSA) is 75.2 Å². The molecular formula is C17H32N4O3. The lowest BCUT2D eigenvalue weighted by Crippen LogP contribution is -2.53. The minimum absolute atomic E-state index is 0.00121. The number of carbonyl (C=O) groups excluding carboxylic acids is 1. The highest BCUT2D eigenvalue weighted by atomic mass is 16.5. The van der Waals surface area contributed by atoms with Crippen molar-refractivity contribution < 1.29 is 14.3 Å². The van der Waals surface area contributed by atoms with Crippen molar-refractivity contribution in [3.63, 3.8) is 0 Å². The zero-order valence-corrected chi connectivity index (χ0v) is 15.4. The number of guanidine groups is 1. The van der Waals surface area contributed by atoms with E-state index in [9.17, 15) is 4.79 Å². The molecule has 0 aromatic rings. The summed E-state index contributed by atoms with van der Waals surface area (Å²) in [4.78, 5) is 18.9. The van der Waals surface area contributed by atoms with Gasteiger partial charge < -0.3 is 25.0 Å². The number of nitrogens with zero attached hydrogens (tertiary/aromatic N) is 2. The first-order valence-corrected chi connectivity index (χ1v) is 8.96. The number of aliphatic imine (C=N–C) groups is 1. The van der Waals surface area contributed by atoms with Gasteiger partial charge in [0.05, 0.1) is 24.7 Å². The van der Waals surface area contributed by atoms with Crippen LogP contribution in [0.2, 0.25) is 0 Å². The average molecular weight is 340 g/mol. The second-order valence-electron chi connectivity index (χ2n) is 7.04. The Morgan fingerprint density at radius 2 is 2.04 bits per heavy atom. The molecule has 2 fully saturated rings. The van der Waals surface area contributed by atoms with Crippen molar-refractivity contribution in [1.29, 1.82) is 0 Å². The predicted octanol–water partition coefficient (Wildman–Crippen LogP) is 0.604. The van der Waals surface area contributed by atoms with Gasteiger partial charge in [0.1, 0.15) is 6.10 Å². The fourth-order valence-electron chi connectivity index (χ4n) is 3.10. The van der Waals surface area contributed by atoms with Gasteiger partial charge in [0.2, 0.25) is 5.91 Å². The molecule has 2 heterocycles. The van der Waals surface area contributed by atoms with Crippen molar-refractivity contribution in [2.24, 2.45) is 10.4 Å². The highest BCUT2D eigenvalue weighted by Gasteiger charge is 2.33. The van der Waals surface area contributed by atoms with Gasteiger partial charge in [-0.25, -0.2) is 0 Å². The number of carbonyl (C=O) groups is 1. The van der Waals surface area contributed by atoms with Gasteiger partial charge in [-0.15, -0.1) is 0 Å². The maximum Gasteiger partial charge on any atom is 0.227 e. The number of hydrogen-bond donors (Lipinski definition) is 2. The zero-order chi connectivity index (χ0) is 17.6. The van der Waals surface area contributed by atoms with E-state index in [1.165, 1.54) is 0 Å². The van der Waals surface area contributed by atoms with Crippen LogP contribution in [-0.4, -0.2) is 75.4 Å². The molecule has 0 aliphatic carbocycles. The smallest absolute Gasteiger partial charge is 0.227 e. The third kappa shape index (κ3) is 4.83. The van der Waals surface area contributed by atoms with Crippen LogP contribution in [0.25, 0.3) is 0 Å². The van der Waals surface area contributed by atoms with Crippen molar-refractivity contribution in [3.05, 3.63) is 0 Å². The first-order valence-electron chi connectivity index (χ1n) is 8.96. The SMILES string of the molecule is CCNC(=NCC(C)(C)C(=O)NC)N1CCOC(C2CCCO2)C1. The predicted molar refractivity (Wildman–Crippen MR) is 94.1 cm³/mol. The van der Waals surface area contributed by atoms with Gasteiger partial charge in [-0.2, -0.15) is 0 Å². The standard InChI is InChI=1S/C17H32N4O3/c1-5-19-16(20-12-17(2,3)15(22)18-4)21-8-10-24-14(11-21)13-7-6-9-23-13/h13-14H,5-12H2,1-4H3,(H,18,22)(H,19,20). The summed E-state index contributed by atoms with van der Waals surface area (Å²) in [6.07, 6.45) is 2.46. The summed E-state index contributed by atoms with van der Waals surface area (Å²) in [5, 5.41) is 6.05. The Morgan fingerprint density at radius 3 is 2.67 bits per heavy atom. The van der Waals surface area contributed by atoms with E-state index in [-0.39, 0.29) is 18.1 Å². The molecule has 2 atom stereocenters. The Bertz CT molecular complexity index is 447. The van der Waals surface area contributed by atoms with Crippen LogP contribution in [0, 0.1) is 5.41 Å². The summed E-state index contributed by atoms with van der Waals surface area (Å²) in [7, 11) is 1.66. The van der Waals surface area contributed by atoms with Gasteiger partial charge in [-0.3, -0.25) is 9.79 Å². The summed E-state index contributed by atoms with van der Waals surface area (Å²) < 4.78 is 11.7. The monoisotopic (exact) mass is 340 g/mol. The van der Waals surface area contributed by atoms with Crippen molar-refractivity contribution in [2.75, 3.05) is 46.4 Å². The number of hydrogen-bond acceptors (Lipinski definition) is 4. The quantitative estimate of drug-likeness (QED) is 0.566. The van der Waals surface area contributed by atoms with Crippen LogP contribution in [0.5, 0.6) is 0 Å². The lowest BCUT2D eigenvalue weighted by atomic mass is 9.93. The molecule has 7 nitrogen and oxygen atoms in total. The molecule has 0 radical (unpaired) electrons. The summed E-state index contributed by atoms with van der Waals surface area (Å²) >= 11 is 0. The Morgan fingerprint density at radius 1 is 1.29 bits per heavy atom. The normalized spacial score (nSPS) is 25.7. The number of rotatable bonds is 5. The minimum atomic E-state index is -0.532. The lowest BCUT2D eigenvalue weighted by molar-refractivity contribution is -0.128. The van der Waals surface area contributed by atoms with Crippen LogP contribution in [-0.2, 0) is 14.3 Å². The van der Waals surface area contributed by atoms with Crippen LogP contribution in [0.3, 0.4) is 0 Å². The van der Waals surface area contributed by atoms with Crippen LogP contribution in [0.1, 0.15) is 33.6 Å². The van der Waals surface area contributed by atoms with Gasteiger partial charge in [0.15, 0.2) is 5.96 Å². The van der Waals surface area contributed by atoms with Crippen LogP contribution < -0.4 is 10.6 Å². The molecule has 1 amide bonds. The van der Waals surface area contributed by atoms with Crippen molar-refractivity contribution in [3.8, 4) is 0 Å². The van der Waals surface area contributed by atoms with E-state index in [0.717, 1.165) is 45.0 Å². The number of morpholine rings is 1. The van der Waals surface area contributed by atoms with E-state index in [1.807, 2.05) is 13.8 Å². The van der Waals surface area contributed by atoms with Crippen LogP contribution >= 0.6 is 0 Å². The summed E-state index contributed by atoms with van der Waals surface area (Å²) in [6, 6.07) is 0. The second-order valence-corrected chi connectivity index (χ2v) is 7.04. The van der Waals surface area contributed by atoms with Crippen molar-refractivity contribution >= 4 is 11.9 Å². The molecule has 138 valence electrons. The molecular weight excluding hydrogens is 308 g/mol. The lowest BCUT2D eigenvalue weighted by Gasteiger charge is -2.37. The van der Waals surface area contributed by atoms with E-state index in [2.05, 4.69) is 22.5 Å². The van der Waals surface area contributed by atoms with Gasteiger partial charge in [-0.05, 0) is 33.6 Å². The first kappa shape index (κ1) is 19.0. The molecule has 0 bridgehead atoms. The maximum atomic E-state index is 12.0. The average Bonchev–Trinajstić information content (AvgIpc) is 3.12. The fourth-order valence-corrected chi connectivity index (χ4v) is 3.10. The third-order valence-electron chi connectivity index (χ3n) is 4.57. The van der Waals surface area contributed by atoms with Gasteiger partial charge in [-0.1, -0.05) is 0 Å².